The highest BCUT2D eigenvalue weighted by molar-refractivity contribution is 8.19. The molecular weight excluding hydrogens is 537 g/mol. The number of benzene rings is 4. The molecule has 1 saturated heterocycles. The van der Waals surface area contributed by atoms with Crippen LogP contribution in [-0.4, -0.2) is 28.9 Å². The van der Waals surface area contributed by atoms with Gasteiger partial charge in [0.1, 0.15) is 4.91 Å². The van der Waals surface area contributed by atoms with Gasteiger partial charge in [-0.1, -0.05) is 78.0 Å². The van der Waals surface area contributed by atoms with Crippen LogP contribution < -0.4 is 10.2 Å². The molecule has 0 atom stereocenters. The number of fused-ring (bicyclic) bond motifs is 1. The maximum Gasteiger partial charge on any atom is 0.269 e. The maximum absolute atomic E-state index is 13.9. The summed E-state index contributed by atoms with van der Waals surface area (Å²) in [7, 11) is 1.99. The van der Waals surface area contributed by atoms with Gasteiger partial charge in [-0.2, -0.15) is 0 Å². The number of amidine groups is 1. The van der Waals surface area contributed by atoms with Gasteiger partial charge >= 0.3 is 0 Å². The van der Waals surface area contributed by atoms with Crippen LogP contribution in [-0.2, 0) is 11.3 Å². The molecule has 2 aliphatic heterocycles. The summed E-state index contributed by atoms with van der Waals surface area (Å²) in [5.74, 6) is -0.254. The van der Waals surface area contributed by atoms with E-state index in [1.54, 1.807) is 22.7 Å². The third-order valence-electron chi connectivity index (χ3n) is 6.59. The number of carbonyl (C=O) groups is 2. The number of carbonyl (C=O) groups excluding carboxylic acids is 2. The van der Waals surface area contributed by atoms with E-state index in [1.807, 2.05) is 98.9 Å². The summed E-state index contributed by atoms with van der Waals surface area (Å²) in [5.41, 5.74) is 5.01. The minimum atomic E-state index is -0.183. The van der Waals surface area contributed by atoms with Crippen molar-refractivity contribution < 1.29 is 9.59 Å². The first-order valence-electron chi connectivity index (χ1n) is 12.8. The number of thioether (sulfide) groups is 2. The molecule has 0 saturated carbocycles. The van der Waals surface area contributed by atoms with E-state index in [0.29, 0.717) is 33.6 Å². The lowest BCUT2D eigenvalue weighted by Gasteiger charge is -2.17. The van der Waals surface area contributed by atoms with Gasteiger partial charge in [0.05, 0.1) is 22.9 Å². The van der Waals surface area contributed by atoms with Crippen molar-refractivity contribution in [3.05, 3.63) is 130 Å². The molecule has 6 rings (SSSR count). The molecule has 0 aliphatic carbocycles. The SMILES string of the molecule is Cc1cccc(C(=O)Nc2cccc(N=C3SC(=C4Sc5ccccc5N4C)C(=O)N3Cc3ccccc3)c2)c1. The van der Waals surface area contributed by atoms with Crippen molar-refractivity contribution >= 4 is 57.6 Å². The van der Waals surface area contributed by atoms with Crippen LogP contribution in [0.15, 0.2) is 123 Å². The van der Waals surface area contributed by atoms with Crippen LogP contribution in [0.25, 0.3) is 0 Å². The molecular formula is C32H26N4O2S2. The van der Waals surface area contributed by atoms with Gasteiger partial charge in [-0.15, -0.1) is 0 Å². The summed E-state index contributed by atoms with van der Waals surface area (Å²) in [4.78, 5) is 37.2. The number of amides is 2. The number of nitrogens with one attached hydrogen (secondary N) is 1. The van der Waals surface area contributed by atoms with Gasteiger partial charge in [0, 0.05) is 23.2 Å². The van der Waals surface area contributed by atoms with Gasteiger partial charge in [0.25, 0.3) is 11.8 Å². The molecule has 8 heteroatoms. The van der Waals surface area contributed by atoms with Crippen molar-refractivity contribution in [2.45, 2.75) is 18.4 Å². The van der Waals surface area contributed by atoms with Crippen LogP contribution in [0.5, 0.6) is 0 Å². The largest absolute Gasteiger partial charge is 0.337 e. The van der Waals surface area contributed by atoms with Gasteiger partial charge in [-0.05, 0) is 66.7 Å². The Bertz CT molecular complexity index is 1680. The van der Waals surface area contributed by atoms with Gasteiger partial charge in [-0.25, -0.2) is 4.99 Å². The molecule has 2 aliphatic rings. The van der Waals surface area contributed by atoms with Gasteiger partial charge in [-0.3, -0.25) is 14.5 Å². The predicted octanol–water partition coefficient (Wildman–Crippen LogP) is 7.42. The molecule has 0 unspecified atom stereocenters. The molecule has 198 valence electrons. The molecule has 1 fully saturated rings. The molecule has 40 heavy (non-hydrogen) atoms. The van der Waals surface area contributed by atoms with Gasteiger partial charge < -0.3 is 10.2 Å². The summed E-state index contributed by atoms with van der Waals surface area (Å²) >= 11 is 2.99. The molecule has 6 nitrogen and oxygen atoms in total. The lowest BCUT2D eigenvalue weighted by atomic mass is 10.1. The lowest BCUT2D eigenvalue weighted by Crippen LogP contribution is -2.29. The Morgan fingerprint density at radius 2 is 1.65 bits per heavy atom. The number of para-hydroxylation sites is 1. The van der Waals surface area contributed by atoms with E-state index in [2.05, 4.69) is 22.3 Å². The number of aliphatic imine (C=N–C) groups is 1. The Kier molecular flexibility index (Phi) is 7.19. The number of rotatable bonds is 5. The lowest BCUT2D eigenvalue weighted by molar-refractivity contribution is -0.122. The minimum absolute atomic E-state index is 0.0707. The van der Waals surface area contributed by atoms with Gasteiger partial charge in [0.15, 0.2) is 5.17 Å². The van der Waals surface area contributed by atoms with Crippen molar-refractivity contribution in [2.75, 3.05) is 17.3 Å². The van der Waals surface area contributed by atoms with E-state index < -0.39 is 0 Å². The fraction of sp³-hybridized carbons (Fsp3) is 0.0938. The molecule has 2 amide bonds. The highest BCUT2D eigenvalue weighted by Gasteiger charge is 2.39. The maximum atomic E-state index is 13.9. The number of aryl methyl sites for hydroxylation is 1. The molecule has 0 radical (unpaired) electrons. The van der Waals surface area contributed by atoms with Crippen LogP contribution in [0, 0.1) is 6.92 Å². The second kappa shape index (κ2) is 11.1. The quantitative estimate of drug-likeness (QED) is 0.257. The van der Waals surface area contributed by atoms with Crippen molar-refractivity contribution in [1.29, 1.82) is 0 Å². The third kappa shape index (κ3) is 5.28. The first-order chi connectivity index (χ1) is 19.5. The zero-order valence-electron chi connectivity index (χ0n) is 22.0. The second-order valence-corrected chi connectivity index (χ2v) is 11.5. The average molecular weight is 563 g/mol. The van der Waals surface area contributed by atoms with Crippen LogP contribution in [0.1, 0.15) is 21.5 Å². The third-order valence-corrected chi connectivity index (χ3v) is 9.02. The Hall–Kier alpha value is -4.27. The van der Waals surface area contributed by atoms with Crippen LogP contribution in [0.4, 0.5) is 17.1 Å². The zero-order chi connectivity index (χ0) is 27.6. The second-order valence-electron chi connectivity index (χ2n) is 9.51. The molecule has 0 aromatic heterocycles. The molecule has 4 aromatic carbocycles. The monoisotopic (exact) mass is 562 g/mol. The van der Waals surface area contributed by atoms with E-state index in [0.717, 1.165) is 26.7 Å². The number of hydrogen-bond acceptors (Lipinski definition) is 6. The molecule has 4 aromatic rings. The normalized spacial score (nSPS) is 17.4. The van der Waals surface area contributed by atoms with Crippen LogP contribution >= 0.6 is 23.5 Å². The topological polar surface area (TPSA) is 65.0 Å². The van der Waals surface area contributed by atoms with Crippen LogP contribution in [0.2, 0.25) is 0 Å². The Morgan fingerprint density at radius 3 is 2.45 bits per heavy atom. The Morgan fingerprint density at radius 1 is 0.875 bits per heavy atom. The number of hydrogen-bond donors (Lipinski definition) is 1. The standard InChI is InChI=1S/C32H26N4O2S2/c1-21-10-8-13-23(18-21)29(37)33-24-14-9-15-25(19-24)34-32-36(20-22-11-4-3-5-12-22)30(38)28(40-32)31-35(2)26-16-6-7-17-27(26)39-31/h3-19H,20H2,1-2H3,(H,33,37). The fourth-order valence-corrected chi connectivity index (χ4v) is 6.92. The summed E-state index contributed by atoms with van der Waals surface area (Å²) in [6.07, 6.45) is 0. The van der Waals surface area contributed by atoms with Gasteiger partial charge in [0.2, 0.25) is 0 Å². The average Bonchev–Trinajstić information content (AvgIpc) is 3.45. The fourth-order valence-electron chi connectivity index (χ4n) is 4.58. The van der Waals surface area contributed by atoms with E-state index >= 15 is 0 Å². The zero-order valence-corrected chi connectivity index (χ0v) is 23.6. The highest BCUT2D eigenvalue weighted by Crippen LogP contribution is 2.50. The summed E-state index contributed by atoms with van der Waals surface area (Å²) in [5, 5.41) is 4.47. The predicted molar refractivity (Wildman–Crippen MR) is 165 cm³/mol. The molecule has 0 spiro atoms. The number of anilines is 2. The summed E-state index contributed by atoms with van der Waals surface area (Å²) in [6.45, 7) is 2.37. The molecule has 1 N–H and O–H groups in total. The van der Waals surface area contributed by atoms with Crippen molar-refractivity contribution in [3.63, 3.8) is 0 Å². The minimum Gasteiger partial charge on any atom is -0.337 e. The van der Waals surface area contributed by atoms with E-state index in [1.165, 1.54) is 11.8 Å². The van der Waals surface area contributed by atoms with Crippen LogP contribution in [0.3, 0.4) is 0 Å². The van der Waals surface area contributed by atoms with Crippen molar-refractivity contribution in [1.82, 2.24) is 4.90 Å². The first kappa shape index (κ1) is 26.0. The van der Waals surface area contributed by atoms with E-state index in [9.17, 15) is 9.59 Å². The first-order valence-corrected chi connectivity index (χ1v) is 14.4. The van der Waals surface area contributed by atoms with Crippen molar-refractivity contribution in [2.24, 2.45) is 4.99 Å². The summed E-state index contributed by atoms with van der Waals surface area (Å²) in [6, 6.07) is 32.9. The Balaban J connectivity index is 1.32. The molecule has 2 heterocycles. The van der Waals surface area contributed by atoms with E-state index in [4.69, 9.17) is 4.99 Å². The number of nitrogens with zero attached hydrogens (tertiary/aromatic N) is 3. The molecule has 0 bridgehead atoms. The highest BCUT2D eigenvalue weighted by atomic mass is 32.2. The van der Waals surface area contributed by atoms with Crippen molar-refractivity contribution in [3.8, 4) is 0 Å². The smallest absolute Gasteiger partial charge is 0.269 e. The Labute approximate surface area is 241 Å². The summed E-state index contributed by atoms with van der Waals surface area (Å²) < 4.78 is 0. The van der Waals surface area contributed by atoms with E-state index in [-0.39, 0.29) is 11.8 Å².